The molecule has 1 fully saturated rings. The molecule has 228 valence electrons. The lowest BCUT2D eigenvalue weighted by Gasteiger charge is -2.21. The van der Waals surface area contributed by atoms with Gasteiger partial charge in [-0.15, -0.1) is 23.5 Å². The van der Waals surface area contributed by atoms with Crippen LogP contribution in [0.5, 0.6) is 0 Å². The number of nitrogens with two attached hydrogens (primary N) is 1. The van der Waals surface area contributed by atoms with E-state index in [0.717, 1.165) is 11.1 Å². The molecule has 0 spiro atoms. The summed E-state index contributed by atoms with van der Waals surface area (Å²) in [5.74, 6) is 3.05. The monoisotopic (exact) mass is 613 g/mol. The Morgan fingerprint density at radius 2 is 1.00 bits per heavy atom. The molecule has 0 aliphatic carbocycles. The van der Waals surface area contributed by atoms with Crippen LogP contribution in [0, 0.1) is 27.7 Å². The zero-order chi connectivity index (χ0) is 31.8. The van der Waals surface area contributed by atoms with Crippen LogP contribution in [-0.2, 0) is 0 Å². The second kappa shape index (κ2) is 19.1. The van der Waals surface area contributed by atoms with Crippen molar-refractivity contribution in [3.63, 3.8) is 0 Å². The van der Waals surface area contributed by atoms with Crippen molar-refractivity contribution in [1.82, 2.24) is 0 Å². The van der Waals surface area contributed by atoms with Gasteiger partial charge in [0.25, 0.3) is 0 Å². The largest absolute Gasteiger partial charge is 0.366 e. The molecular weight excluding hydrogens is 567 g/mol. The molecule has 3 nitrogen and oxygen atoms in total. The molecule has 1 heterocycles. The van der Waals surface area contributed by atoms with Crippen molar-refractivity contribution in [2.75, 3.05) is 11.5 Å². The van der Waals surface area contributed by atoms with Gasteiger partial charge in [-0.25, -0.2) is 0 Å². The molecule has 5 rings (SSSR count). The Hall–Kier alpha value is -3.28. The lowest BCUT2D eigenvalue weighted by molar-refractivity contribution is 0.0996. The Labute approximate surface area is 268 Å². The molecule has 1 aliphatic rings. The van der Waals surface area contributed by atoms with Crippen LogP contribution in [0.3, 0.4) is 0 Å². The molecule has 0 saturated carbocycles. The molecular formula is C38H47NO2S2. The number of hydrogen-bond acceptors (Lipinski definition) is 4. The van der Waals surface area contributed by atoms with Crippen LogP contribution in [0.25, 0.3) is 0 Å². The molecule has 43 heavy (non-hydrogen) atoms. The average molecular weight is 614 g/mol. The summed E-state index contributed by atoms with van der Waals surface area (Å²) in [6.45, 7) is 14.2. The maximum absolute atomic E-state index is 10.8. The van der Waals surface area contributed by atoms with Crippen molar-refractivity contribution in [1.29, 1.82) is 0 Å². The van der Waals surface area contributed by atoms with Crippen molar-refractivity contribution >= 4 is 35.2 Å². The van der Waals surface area contributed by atoms with Gasteiger partial charge in [-0.2, -0.15) is 0 Å². The van der Waals surface area contributed by atoms with Gasteiger partial charge in [-0.1, -0.05) is 121 Å². The third-order valence-corrected chi connectivity index (χ3v) is 9.73. The van der Waals surface area contributed by atoms with Gasteiger partial charge in [0, 0.05) is 11.1 Å². The zero-order valence-corrected chi connectivity index (χ0v) is 28.4. The fraction of sp³-hybridized carbons (Fsp3) is 0.316. The Bertz CT molecular complexity index is 1320. The summed E-state index contributed by atoms with van der Waals surface area (Å²) in [6, 6.07) is 32.4. The number of amides is 1. The lowest BCUT2D eigenvalue weighted by Crippen LogP contribution is -2.10. The first kappa shape index (κ1) is 35.9. The van der Waals surface area contributed by atoms with Gasteiger partial charge < -0.3 is 5.73 Å². The molecule has 4 aromatic rings. The van der Waals surface area contributed by atoms with E-state index < -0.39 is 0 Å². The number of rotatable bonds is 4. The highest BCUT2D eigenvalue weighted by atomic mass is 32.2. The molecule has 4 aromatic carbocycles. The topological polar surface area (TPSA) is 60.2 Å². The Kier molecular flexibility index (Phi) is 15.9. The number of carbonyl (C=O) groups is 2. The van der Waals surface area contributed by atoms with E-state index in [-0.39, 0.29) is 11.7 Å². The summed E-state index contributed by atoms with van der Waals surface area (Å²) >= 11 is 4.17. The number of carbonyl (C=O) groups excluding carboxylic acids is 2. The van der Waals surface area contributed by atoms with Gasteiger partial charge in [0.1, 0.15) is 0 Å². The zero-order valence-electron chi connectivity index (χ0n) is 26.7. The van der Waals surface area contributed by atoms with Crippen molar-refractivity contribution < 1.29 is 9.59 Å². The Balaban J connectivity index is 0.000000202. The first-order valence-corrected chi connectivity index (χ1v) is 16.9. The maximum Gasteiger partial charge on any atom is 0.248 e. The van der Waals surface area contributed by atoms with E-state index in [1.807, 2.05) is 50.2 Å². The lowest BCUT2D eigenvalue weighted by atomic mass is 10.0. The number of ketones is 1. The van der Waals surface area contributed by atoms with E-state index in [4.69, 9.17) is 5.73 Å². The van der Waals surface area contributed by atoms with Gasteiger partial charge in [-0.05, 0) is 81.7 Å². The standard InChI is InChI=1S/C11H14S2.C10H14.C9H10O.C8H9NO/c1-9-3-5-10(6-4-9)11-12-7-2-8-13-11;1-8(2)10-6-4-9(3)5-7-10;1-7-3-5-9(6-4-7)8(2)10;1-6-2-4-7(5-3-6)8(9)10/h3-6,11H,2,7-8H2,1H3;4-8H,1-3H3;3-6H,1-2H3;2-5H,1H3,(H2,9,10). The number of thioether (sulfide) groups is 2. The van der Waals surface area contributed by atoms with E-state index >= 15 is 0 Å². The highest BCUT2D eigenvalue weighted by Crippen LogP contribution is 2.43. The number of primary amides is 1. The Morgan fingerprint density at radius 1 is 0.628 bits per heavy atom. The maximum atomic E-state index is 10.8. The summed E-state index contributed by atoms with van der Waals surface area (Å²) in [5, 5.41) is 0. The molecule has 1 amide bonds. The molecule has 0 bridgehead atoms. The number of benzene rings is 4. The van der Waals surface area contributed by atoms with Gasteiger partial charge in [0.2, 0.25) is 5.91 Å². The van der Waals surface area contributed by atoms with E-state index in [9.17, 15) is 9.59 Å². The molecule has 0 atom stereocenters. The quantitative estimate of drug-likeness (QED) is 0.233. The van der Waals surface area contributed by atoms with Crippen LogP contribution >= 0.6 is 23.5 Å². The SMILES string of the molecule is CC(=O)c1ccc(C)cc1.Cc1ccc(C(C)C)cc1.Cc1ccc(C(N)=O)cc1.Cc1ccc(C2SCCCS2)cc1. The summed E-state index contributed by atoms with van der Waals surface area (Å²) in [4.78, 5) is 21.3. The van der Waals surface area contributed by atoms with Crippen LogP contribution in [0.1, 0.15) is 91.8 Å². The van der Waals surface area contributed by atoms with Crippen LogP contribution < -0.4 is 5.73 Å². The second-order valence-electron chi connectivity index (χ2n) is 11.1. The first-order chi connectivity index (χ1) is 20.5. The van der Waals surface area contributed by atoms with E-state index in [1.54, 1.807) is 19.1 Å². The average Bonchev–Trinajstić information content (AvgIpc) is 3.00. The molecule has 0 unspecified atom stereocenters. The first-order valence-electron chi connectivity index (χ1n) is 14.8. The molecule has 5 heteroatoms. The molecule has 1 saturated heterocycles. The normalized spacial score (nSPS) is 12.5. The van der Waals surface area contributed by atoms with Crippen LogP contribution in [-0.4, -0.2) is 23.2 Å². The van der Waals surface area contributed by atoms with Gasteiger partial charge in [-0.3, -0.25) is 9.59 Å². The molecule has 1 aliphatic heterocycles. The summed E-state index contributed by atoms with van der Waals surface area (Å²) < 4.78 is 0.689. The third kappa shape index (κ3) is 14.2. The van der Waals surface area contributed by atoms with Crippen molar-refractivity contribution in [3.05, 3.63) is 142 Å². The van der Waals surface area contributed by atoms with E-state index in [0.29, 0.717) is 16.1 Å². The van der Waals surface area contributed by atoms with Crippen molar-refractivity contribution in [3.8, 4) is 0 Å². The summed E-state index contributed by atoms with van der Waals surface area (Å²) in [5.41, 5.74) is 14.3. The minimum Gasteiger partial charge on any atom is -0.366 e. The second-order valence-corrected chi connectivity index (χ2v) is 13.8. The highest BCUT2D eigenvalue weighted by Gasteiger charge is 2.15. The number of Topliss-reactive ketones (excluding diaryl/α,β-unsaturated/α-hetero) is 1. The predicted molar refractivity (Wildman–Crippen MR) is 190 cm³/mol. The van der Waals surface area contributed by atoms with E-state index in [1.165, 1.54) is 45.7 Å². The fourth-order valence-electron chi connectivity index (χ4n) is 3.86. The summed E-state index contributed by atoms with van der Waals surface area (Å²) in [7, 11) is 0. The number of aryl methyl sites for hydroxylation is 4. The minimum atomic E-state index is -0.375. The molecule has 2 N–H and O–H groups in total. The van der Waals surface area contributed by atoms with Gasteiger partial charge in [0.15, 0.2) is 5.78 Å². The van der Waals surface area contributed by atoms with Crippen LogP contribution in [0.15, 0.2) is 97.1 Å². The van der Waals surface area contributed by atoms with Gasteiger partial charge >= 0.3 is 0 Å². The number of hydrogen-bond donors (Lipinski definition) is 1. The summed E-state index contributed by atoms with van der Waals surface area (Å²) in [6.07, 6.45) is 1.37. The predicted octanol–water partition coefficient (Wildman–Crippen LogP) is 10.3. The van der Waals surface area contributed by atoms with Crippen molar-refractivity contribution in [2.45, 2.75) is 65.4 Å². The van der Waals surface area contributed by atoms with Crippen molar-refractivity contribution in [2.24, 2.45) is 5.73 Å². The van der Waals surface area contributed by atoms with Gasteiger partial charge in [0.05, 0.1) is 4.58 Å². The van der Waals surface area contributed by atoms with Crippen LogP contribution in [0.2, 0.25) is 0 Å². The smallest absolute Gasteiger partial charge is 0.248 e. The van der Waals surface area contributed by atoms with Crippen LogP contribution in [0.4, 0.5) is 0 Å². The highest BCUT2D eigenvalue weighted by molar-refractivity contribution is 8.16. The minimum absolute atomic E-state index is 0.125. The molecule has 0 radical (unpaired) electrons. The molecule has 0 aromatic heterocycles. The third-order valence-electron chi connectivity index (χ3n) is 6.71. The van der Waals surface area contributed by atoms with E-state index in [2.05, 4.69) is 99.7 Å². The Morgan fingerprint density at radius 3 is 1.37 bits per heavy atom. The fourth-order valence-corrected chi connectivity index (χ4v) is 6.76.